The Bertz CT molecular complexity index is 349. The molecule has 0 aromatic carbocycles. The van der Waals surface area contributed by atoms with Gasteiger partial charge in [-0.15, -0.1) is 0 Å². The molecule has 0 spiro atoms. The summed E-state index contributed by atoms with van der Waals surface area (Å²) in [6.45, 7) is 13.1. The summed E-state index contributed by atoms with van der Waals surface area (Å²) >= 11 is 0. The summed E-state index contributed by atoms with van der Waals surface area (Å²) in [5, 5.41) is 0. The lowest BCUT2D eigenvalue weighted by atomic mass is 9.90. The van der Waals surface area contributed by atoms with Crippen LogP contribution < -0.4 is 0 Å². The van der Waals surface area contributed by atoms with Crippen molar-refractivity contribution in [3.63, 3.8) is 0 Å². The SMILES string of the molecule is CCCN(CCC)CCCC1CCN(C2(C)C=CC=N2)CC1. The molecule has 0 amide bonds. The van der Waals surface area contributed by atoms with Crippen LogP contribution in [0.25, 0.3) is 0 Å². The minimum Gasteiger partial charge on any atom is -0.303 e. The highest BCUT2D eigenvalue weighted by atomic mass is 15.3. The maximum atomic E-state index is 4.63. The van der Waals surface area contributed by atoms with Crippen molar-refractivity contribution in [2.75, 3.05) is 32.7 Å². The van der Waals surface area contributed by atoms with Gasteiger partial charge in [-0.25, -0.2) is 0 Å². The number of allylic oxidation sites excluding steroid dienone is 1. The van der Waals surface area contributed by atoms with Gasteiger partial charge >= 0.3 is 0 Å². The predicted octanol–water partition coefficient (Wildman–Crippen LogP) is 3.96. The van der Waals surface area contributed by atoms with Gasteiger partial charge in [0.05, 0.1) is 0 Å². The highest BCUT2D eigenvalue weighted by Gasteiger charge is 2.32. The summed E-state index contributed by atoms with van der Waals surface area (Å²) in [4.78, 5) is 9.82. The first-order valence-corrected chi connectivity index (χ1v) is 9.38. The molecule has 1 unspecified atom stereocenters. The Balaban J connectivity index is 1.65. The standard InChI is InChI=1S/C19H35N3/c1-4-13-21(14-5-2)15-6-8-18-9-16-22(17-10-18)19(3)11-7-12-20-19/h7,11-12,18H,4-6,8-10,13-17H2,1-3H3. The Kier molecular flexibility index (Phi) is 7.10. The van der Waals surface area contributed by atoms with E-state index in [1.165, 1.54) is 71.2 Å². The van der Waals surface area contributed by atoms with E-state index >= 15 is 0 Å². The largest absolute Gasteiger partial charge is 0.303 e. The minimum absolute atomic E-state index is 0.0516. The van der Waals surface area contributed by atoms with E-state index in [9.17, 15) is 0 Å². The zero-order chi connectivity index (χ0) is 15.8. The number of likely N-dealkylation sites (tertiary alicyclic amines) is 1. The molecular weight excluding hydrogens is 270 g/mol. The molecule has 3 heteroatoms. The lowest BCUT2D eigenvalue weighted by Gasteiger charge is -2.40. The van der Waals surface area contributed by atoms with Crippen LogP contribution in [0.4, 0.5) is 0 Å². The van der Waals surface area contributed by atoms with Crippen LogP contribution in [0.2, 0.25) is 0 Å². The van der Waals surface area contributed by atoms with Crippen molar-refractivity contribution < 1.29 is 0 Å². The van der Waals surface area contributed by atoms with Crippen LogP contribution in [0, 0.1) is 5.92 Å². The Morgan fingerprint density at radius 3 is 2.36 bits per heavy atom. The molecule has 0 aliphatic carbocycles. The van der Waals surface area contributed by atoms with Gasteiger partial charge in [-0.1, -0.05) is 13.8 Å². The van der Waals surface area contributed by atoms with Gasteiger partial charge < -0.3 is 4.90 Å². The second-order valence-corrected chi connectivity index (χ2v) is 7.15. The van der Waals surface area contributed by atoms with Crippen LogP contribution in [0.1, 0.15) is 59.3 Å². The van der Waals surface area contributed by atoms with E-state index < -0.39 is 0 Å². The van der Waals surface area contributed by atoms with E-state index in [0.29, 0.717) is 0 Å². The van der Waals surface area contributed by atoms with Gasteiger partial charge in [0.15, 0.2) is 0 Å². The summed E-state index contributed by atoms with van der Waals surface area (Å²) < 4.78 is 0. The second-order valence-electron chi connectivity index (χ2n) is 7.15. The van der Waals surface area contributed by atoms with E-state index in [4.69, 9.17) is 0 Å². The van der Waals surface area contributed by atoms with Crippen LogP contribution in [0.15, 0.2) is 17.1 Å². The van der Waals surface area contributed by atoms with Crippen molar-refractivity contribution in [3.05, 3.63) is 12.2 Å². The first kappa shape index (κ1) is 17.7. The van der Waals surface area contributed by atoms with Gasteiger partial charge in [-0.05, 0) is 83.2 Å². The molecule has 0 saturated carbocycles. The quantitative estimate of drug-likeness (QED) is 0.642. The van der Waals surface area contributed by atoms with Gasteiger partial charge in [0, 0.05) is 19.3 Å². The first-order chi connectivity index (χ1) is 10.7. The third-order valence-electron chi connectivity index (χ3n) is 5.26. The Labute approximate surface area is 137 Å². The Morgan fingerprint density at radius 1 is 1.14 bits per heavy atom. The summed E-state index contributed by atoms with van der Waals surface area (Å²) in [5.41, 5.74) is -0.0516. The average Bonchev–Trinajstić information content (AvgIpc) is 2.96. The number of hydrogen-bond donors (Lipinski definition) is 0. The lowest BCUT2D eigenvalue weighted by Crippen LogP contribution is -2.47. The number of nitrogens with zero attached hydrogens (tertiary/aromatic N) is 3. The van der Waals surface area contributed by atoms with Crippen LogP contribution in [0.5, 0.6) is 0 Å². The summed E-state index contributed by atoms with van der Waals surface area (Å²) in [6.07, 6.45) is 14.3. The van der Waals surface area contributed by atoms with E-state index in [1.54, 1.807) is 0 Å². The molecule has 22 heavy (non-hydrogen) atoms. The average molecular weight is 306 g/mol. The Morgan fingerprint density at radius 2 is 1.82 bits per heavy atom. The van der Waals surface area contributed by atoms with Gasteiger partial charge in [0.1, 0.15) is 5.66 Å². The van der Waals surface area contributed by atoms with E-state index in [2.05, 4.69) is 47.7 Å². The van der Waals surface area contributed by atoms with Gasteiger partial charge in [-0.3, -0.25) is 9.89 Å². The maximum absolute atomic E-state index is 4.63. The number of aliphatic imine (C=N–C) groups is 1. The molecular formula is C19H35N3. The van der Waals surface area contributed by atoms with Crippen LogP contribution in [-0.4, -0.2) is 54.4 Å². The van der Waals surface area contributed by atoms with Crippen LogP contribution >= 0.6 is 0 Å². The fourth-order valence-corrected chi connectivity index (χ4v) is 3.90. The van der Waals surface area contributed by atoms with Gasteiger partial charge in [0.25, 0.3) is 0 Å². The summed E-state index contributed by atoms with van der Waals surface area (Å²) in [6, 6.07) is 0. The summed E-state index contributed by atoms with van der Waals surface area (Å²) in [7, 11) is 0. The predicted molar refractivity (Wildman–Crippen MR) is 96.6 cm³/mol. The van der Waals surface area contributed by atoms with Crippen molar-refractivity contribution >= 4 is 6.21 Å². The van der Waals surface area contributed by atoms with Crippen molar-refractivity contribution in [3.8, 4) is 0 Å². The molecule has 1 saturated heterocycles. The van der Waals surface area contributed by atoms with Crippen molar-refractivity contribution in [1.82, 2.24) is 9.80 Å². The minimum atomic E-state index is -0.0516. The molecule has 0 radical (unpaired) electrons. The van der Waals surface area contributed by atoms with E-state index in [0.717, 1.165) is 5.92 Å². The molecule has 126 valence electrons. The highest BCUT2D eigenvalue weighted by molar-refractivity contribution is 5.75. The molecule has 2 heterocycles. The van der Waals surface area contributed by atoms with Crippen molar-refractivity contribution in [2.45, 2.75) is 65.0 Å². The van der Waals surface area contributed by atoms with Crippen LogP contribution in [-0.2, 0) is 0 Å². The van der Waals surface area contributed by atoms with E-state index in [-0.39, 0.29) is 5.66 Å². The molecule has 0 N–H and O–H groups in total. The highest BCUT2D eigenvalue weighted by Crippen LogP contribution is 2.29. The molecule has 2 aliphatic rings. The van der Waals surface area contributed by atoms with Crippen molar-refractivity contribution in [1.29, 1.82) is 0 Å². The zero-order valence-electron chi connectivity index (χ0n) is 14.9. The molecule has 0 aromatic rings. The molecule has 0 aromatic heterocycles. The molecule has 1 atom stereocenters. The van der Waals surface area contributed by atoms with Gasteiger partial charge in [-0.2, -0.15) is 0 Å². The van der Waals surface area contributed by atoms with Crippen LogP contribution in [0.3, 0.4) is 0 Å². The Hall–Kier alpha value is -0.670. The fourth-order valence-electron chi connectivity index (χ4n) is 3.90. The lowest BCUT2D eigenvalue weighted by molar-refractivity contribution is 0.0974. The monoisotopic (exact) mass is 305 g/mol. The molecule has 0 bridgehead atoms. The number of rotatable bonds is 9. The topological polar surface area (TPSA) is 18.8 Å². The maximum Gasteiger partial charge on any atom is 0.129 e. The third kappa shape index (κ3) is 4.92. The van der Waals surface area contributed by atoms with Crippen molar-refractivity contribution in [2.24, 2.45) is 10.9 Å². The fraction of sp³-hybridized carbons (Fsp3) is 0.842. The first-order valence-electron chi connectivity index (χ1n) is 9.38. The molecule has 2 rings (SSSR count). The normalized spacial score (nSPS) is 26.4. The number of piperidine rings is 1. The second kappa shape index (κ2) is 8.83. The molecule has 1 fully saturated rings. The van der Waals surface area contributed by atoms with Gasteiger partial charge in [0.2, 0.25) is 0 Å². The third-order valence-corrected chi connectivity index (χ3v) is 5.26. The zero-order valence-corrected chi connectivity index (χ0v) is 14.9. The smallest absolute Gasteiger partial charge is 0.129 e. The number of hydrogen-bond acceptors (Lipinski definition) is 3. The van der Waals surface area contributed by atoms with E-state index in [1.807, 2.05) is 6.21 Å². The summed E-state index contributed by atoms with van der Waals surface area (Å²) in [5.74, 6) is 0.930. The molecule has 3 nitrogen and oxygen atoms in total. The molecule has 2 aliphatic heterocycles.